The zero-order chi connectivity index (χ0) is 17.5. The van der Waals surface area contributed by atoms with Gasteiger partial charge in [0.1, 0.15) is 11.4 Å². The van der Waals surface area contributed by atoms with Crippen LogP contribution >= 0.6 is 0 Å². The Labute approximate surface area is 141 Å². The van der Waals surface area contributed by atoms with Crippen molar-refractivity contribution in [2.45, 2.75) is 20.0 Å². The van der Waals surface area contributed by atoms with Crippen LogP contribution in [-0.4, -0.2) is 17.9 Å². The fourth-order valence-corrected chi connectivity index (χ4v) is 2.07. The highest BCUT2D eigenvalue weighted by Gasteiger charge is 2.11. The minimum absolute atomic E-state index is 0.0190. The Bertz CT molecular complexity index is 752. The normalized spacial score (nSPS) is 11.2. The molecule has 3 N–H and O–H groups in total. The van der Waals surface area contributed by atoms with E-state index >= 15 is 0 Å². The molecular weight excluding hydrogens is 304 g/mol. The monoisotopic (exact) mass is 324 g/mol. The van der Waals surface area contributed by atoms with Crippen LogP contribution < -0.4 is 15.8 Å². The van der Waals surface area contributed by atoms with Crippen molar-refractivity contribution in [3.8, 4) is 5.75 Å². The summed E-state index contributed by atoms with van der Waals surface area (Å²) in [4.78, 5) is 23.8. The van der Waals surface area contributed by atoms with E-state index in [4.69, 9.17) is 10.5 Å². The Morgan fingerprint density at radius 3 is 2.42 bits per heavy atom. The quantitative estimate of drug-likeness (QED) is 0.802. The van der Waals surface area contributed by atoms with Crippen molar-refractivity contribution in [3.63, 3.8) is 0 Å². The molecule has 0 aromatic heterocycles. The fraction of sp³-hybridized carbons (Fsp3) is 0.158. The van der Waals surface area contributed by atoms with Crippen molar-refractivity contribution >= 4 is 17.9 Å². The van der Waals surface area contributed by atoms with Crippen LogP contribution in [0, 0.1) is 0 Å². The Balaban J connectivity index is 2.22. The summed E-state index contributed by atoms with van der Waals surface area (Å²) in [5.41, 5.74) is 6.55. The van der Waals surface area contributed by atoms with Crippen LogP contribution in [0.3, 0.4) is 0 Å². The number of nitrogens with two attached hydrogens (primary N) is 1. The first kappa shape index (κ1) is 17.3. The molecule has 0 unspecified atom stereocenters. The van der Waals surface area contributed by atoms with Gasteiger partial charge in [0, 0.05) is 5.56 Å². The second-order valence-electron chi connectivity index (χ2n) is 5.48. The molecule has 0 aliphatic carbocycles. The molecule has 0 spiro atoms. The Hall–Kier alpha value is -3.08. The van der Waals surface area contributed by atoms with Crippen molar-refractivity contribution in [2.75, 3.05) is 0 Å². The molecule has 0 radical (unpaired) electrons. The van der Waals surface area contributed by atoms with E-state index in [1.807, 2.05) is 26.0 Å². The van der Waals surface area contributed by atoms with Crippen molar-refractivity contribution in [1.29, 1.82) is 0 Å². The van der Waals surface area contributed by atoms with Crippen molar-refractivity contribution in [2.24, 2.45) is 5.73 Å². The standard InChI is InChI=1S/C19H20N2O3/c1-13(2)24-16-10-6-7-14(11-16)12-17(18(20)22)21-19(23)15-8-4-3-5-9-15/h3-13H,1-2H3,(H2,20,22)(H,21,23)/b17-12-. The Kier molecular flexibility index (Phi) is 5.73. The lowest BCUT2D eigenvalue weighted by molar-refractivity contribution is -0.114. The molecule has 2 rings (SSSR count). The van der Waals surface area contributed by atoms with E-state index in [2.05, 4.69) is 5.32 Å². The number of primary amides is 1. The van der Waals surface area contributed by atoms with Gasteiger partial charge in [0.05, 0.1) is 6.10 Å². The first-order valence-electron chi connectivity index (χ1n) is 7.60. The average molecular weight is 324 g/mol. The van der Waals surface area contributed by atoms with Gasteiger partial charge in [-0.05, 0) is 49.8 Å². The van der Waals surface area contributed by atoms with Gasteiger partial charge in [-0.2, -0.15) is 0 Å². The Morgan fingerprint density at radius 1 is 1.08 bits per heavy atom. The molecule has 0 atom stereocenters. The first-order valence-corrected chi connectivity index (χ1v) is 7.60. The van der Waals surface area contributed by atoms with Gasteiger partial charge in [0.25, 0.3) is 11.8 Å². The molecule has 2 aromatic rings. The number of hydrogen-bond acceptors (Lipinski definition) is 3. The maximum Gasteiger partial charge on any atom is 0.265 e. The maximum absolute atomic E-state index is 12.2. The third-order valence-electron chi connectivity index (χ3n) is 3.09. The number of carbonyl (C=O) groups is 2. The summed E-state index contributed by atoms with van der Waals surface area (Å²) in [6, 6.07) is 15.8. The highest BCUT2D eigenvalue weighted by molar-refractivity contribution is 6.04. The number of amides is 2. The lowest BCUT2D eigenvalue weighted by Crippen LogP contribution is -2.31. The van der Waals surface area contributed by atoms with E-state index in [-0.39, 0.29) is 11.8 Å². The molecule has 0 saturated heterocycles. The van der Waals surface area contributed by atoms with Crippen molar-refractivity contribution < 1.29 is 14.3 Å². The Morgan fingerprint density at radius 2 is 1.79 bits per heavy atom. The molecule has 0 bridgehead atoms. The summed E-state index contributed by atoms with van der Waals surface area (Å²) in [7, 11) is 0. The van der Waals surface area contributed by atoms with Gasteiger partial charge in [0.15, 0.2) is 0 Å². The molecule has 0 fully saturated rings. The minimum atomic E-state index is -0.713. The zero-order valence-electron chi connectivity index (χ0n) is 13.7. The molecule has 24 heavy (non-hydrogen) atoms. The van der Waals surface area contributed by atoms with Crippen LogP contribution in [-0.2, 0) is 4.79 Å². The molecule has 0 aliphatic rings. The topological polar surface area (TPSA) is 81.4 Å². The van der Waals surface area contributed by atoms with Gasteiger partial charge >= 0.3 is 0 Å². The summed E-state index contributed by atoms with van der Waals surface area (Å²) in [5, 5.41) is 2.55. The molecule has 0 aliphatic heterocycles. The molecule has 2 aromatic carbocycles. The number of carbonyl (C=O) groups excluding carboxylic acids is 2. The van der Waals surface area contributed by atoms with Crippen LogP contribution in [0.4, 0.5) is 0 Å². The van der Waals surface area contributed by atoms with Crippen LogP contribution in [0.15, 0.2) is 60.3 Å². The van der Waals surface area contributed by atoms with Crippen LogP contribution in [0.5, 0.6) is 5.75 Å². The van der Waals surface area contributed by atoms with E-state index in [0.717, 1.165) is 0 Å². The zero-order valence-corrected chi connectivity index (χ0v) is 13.7. The summed E-state index contributed by atoms with van der Waals surface area (Å²) in [5.74, 6) is -0.429. The largest absolute Gasteiger partial charge is 0.491 e. The van der Waals surface area contributed by atoms with Gasteiger partial charge in [-0.25, -0.2) is 0 Å². The SMILES string of the molecule is CC(C)Oc1cccc(/C=C(\NC(=O)c2ccccc2)C(N)=O)c1. The van der Waals surface area contributed by atoms with Crippen LogP contribution in [0.25, 0.3) is 6.08 Å². The molecule has 124 valence electrons. The predicted octanol–water partition coefficient (Wildman–Crippen LogP) is 2.73. The van der Waals surface area contributed by atoms with E-state index in [1.54, 1.807) is 42.5 Å². The number of ether oxygens (including phenoxy) is 1. The molecule has 0 saturated carbocycles. The highest BCUT2D eigenvalue weighted by Crippen LogP contribution is 2.17. The average Bonchev–Trinajstić information content (AvgIpc) is 2.54. The highest BCUT2D eigenvalue weighted by atomic mass is 16.5. The second-order valence-corrected chi connectivity index (χ2v) is 5.48. The summed E-state index contributed by atoms with van der Waals surface area (Å²) < 4.78 is 5.61. The molecule has 5 heteroatoms. The molecule has 5 nitrogen and oxygen atoms in total. The second kappa shape index (κ2) is 7.97. The minimum Gasteiger partial charge on any atom is -0.491 e. The van der Waals surface area contributed by atoms with Gasteiger partial charge in [-0.3, -0.25) is 9.59 Å². The van der Waals surface area contributed by atoms with Crippen molar-refractivity contribution in [3.05, 3.63) is 71.4 Å². The lowest BCUT2D eigenvalue weighted by atomic mass is 10.1. The van der Waals surface area contributed by atoms with Gasteiger partial charge < -0.3 is 15.8 Å². The maximum atomic E-state index is 12.2. The number of nitrogens with one attached hydrogen (secondary N) is 1. The molecule has 2 amide bonds. The number of benzene rings is 2. The third-order valence-corrected chi connectivity index (χ3v) is 3.09. The third kappa shape index (κ3) is 4.98. The lowest BCUT2D eigenvalue weighted by Gasteiger charge is -2.11. The molecular formula is C19H20N2O3. The summed E-state index contributed by atoms with van der Waals surface area (Å²) >= 11 is 0. The van der Waals surface area contributed by atoms with E-state index in [0.29, 0.717) is 16.9 Å². The predicted molar refractivity (Wildman–Crippen MR) is 93.3 cm³/mol. The van der Waals surface area contributed by atoms with Gasteiger partial charge in [0.2, 0.25) is 0 Å². The van der Waals surface area contributed by atoms with Crippen molar-refractivity contribution in [1.82, 2.24) is 5.32 Å². The van der Waals surface area contributed by atoms with Gasteiger partial charge in [-0.15, -0.1) is 0 Å². The van der Waals surface area contributed by atoms with E-state index in [9.17, 15) is 9.59 Å². The van der Waals surface area contributed by atoms with Crippen LogP contribution in [0.2, 0.25) is 0 Å². The van der Waals surface area contributed by atoms with E-state index < -0.39 is 11.8 Å². The molecule has 0 heterocycles. The van der Waals surface area contributed by atoms with Gasteiger partial charge in [-0.1, -0.05) is 30.3 Å². The van der Waals surface area contributed by atoms with Crippen LogP contribution in [0.1, 0.15) is 29.8 Å². The smallest absolute Gasteiger partial charge is 0.265 e. The number of hydrogen-bond donors (Lipinski definition) is 2. The van der Waals surface area contributed by atoms with E-state index in [1.165, 1.54) is 6.08 Å². The number of rotatable bonds is 6. The summed E-state index contributed by atoms with van der Waals surface area (Å²) in [6.07, 6.45) is 1.56. The first-order chi connectivity index (χ1) is 11.5. The fourth-order valence-electron chi connectivity index (χ4n) is 2.07. The summed E-state index contributed by atoms with van der Waals surface area (Å²) in [6.45, 7) is 3.86.